The van der Waals surface area contributed by atoms with Gasteiger partial charge in [-0.1, -0.05) is 0 Å². The molecule has 1 atom stereocenters. The Morgan fingerprint density at radius 1 is 1.64 bits per heavy atom. The van der Waals surface area contributed by atoms with E-state index in [-0.39, 0.29) is 6.10 Å². The summed E-state index contributed by atoms with van der Waals surface area (Å²) in [5, 5.41) is 13.5. The van der Waals surface area contributed by atoms with Crippen molar-refractivity contribution in [3.63, 3.8) is 0 Å². The average molecular weight is 196 g/mol. The van der Waals surface area contributed by atoms with Crippen LogP contribution in [0.2, 0.25) is 0 Å². The van der Waals surface area contributed by atoms with Gasteiger partial charge in [-0.3, -0.25) is 4.90 Å². The summed E-state index contributed by atoms with van der Waals surface area (Å²) in [6, 6.07) is 0. The number of hydrogen-bond acceptors (Lipinski definition) is 4. The zero-order chi connectivity index (χ0) is 9.97. The van der Waals surface area contributed by atoms with E-state index in [4.69, 9.17) is 0 Å². The van der Waals surface area contributed by atoms with Crippen LogP contribution in [0, 0.1) is 0 Å². The van der Waals surface area contributed by atoms with Gasteiger partial charge in [0, 0.05) is 19.6 Å². The normalized spacial score (nSPS) is 23.1. The van der Waals surface area contributed by atoms with Crippen LogP contribution in [0.1, 0.15) is 19.2 Å². The Morgan fingerprint density at radius 2 is 2.50 bits per heavy atom. The van der Waals surface area contributed by atoms with Crippen LogP contribution in [-0.4, -0.2) is 44.0 Å². The van der Waals surface area contributed by atoms with E-state index in [9.17, 15) is 5.11 Å². The van der Waals surface area contributed by atoms with Crippen molar-refractivity contribution in [3.8, 4) is 0 Å². The van der Waals surface area contributed by atoms with Gasteiger partial charge >= 0.3 is 0 Å². The van der Waals surface area contributed by atoms with Gasteiger partial charge in [-0.15, -0.1) is 0 Å². The summed E-state index contributed by atoms with van der Waals surface area (Å²) in [4.78, 5) is 6.41. The van der Waals surface area contributed by atoms with Gasteiger partial charge in [-0.25, -0.2) is 9.67 Å². The first-order chi connectivity index (χ1) is 6.79. The molecule has 1 fully saturated rings. The zero-order valence-electron chi connectivity index (χ0n) is 8.43. The lowest BCUT2D eigenvalue weighted by Crippen LogP contribution is -2.23. The first kappa shape index (κ1) is 9.61. The predicted molar refractivity (Wildman–Crippen MR) is 51.6 cm³/mol. The number of nitrogens with zero attached hydrogens (tertiary/aromatic N) is 4. The Balaban J connectivity index is 1.97. The summed E-state index contributed by atoms with van der Waals surface area (Å²) < 4.78 is 1.89. The smallest absolute Gasteiger partial charge is 0.140 e. The van der Waals surface area contributed by atoms with Crippen molar-refractivity contribution in [2.24, 2.45) is 0 Å². The van der Waals surface area contributed by atoms with E-state index in [1.807, 2.05) is 4.68 Å². The quantitative estimate of drug-likeness (QED) is 0.731. The van der Waals surface area contributed by atoms with Gasteiger partial charge in [-0.2, -0.15) is 5.10 Å². The Kier molecular flexibility index (Phi) is 2.79. The third-order valence-electron chi connectivity index (χ3n) is 2.61. The summed E-state index contributed by atoms with van der Waals surface area (Å²) in [6.07, 6.45) is 2.30. The van der Waals surface area contributed by atoms with Crippen molar-refractivity contribution in [2.75, 3.05) is 13.1 Å². The Morgan fingerprint density at radius 3 is 3.14 bits per heavy atom. The minimum absolute atomic E-state index is 0.159. The number of rotatable bonds is 3. The molecule has 0 spiro atoms. The van der Waals surface area contributed by atoms with Crippen molar-refractivity contribution >= 4 is 0 Å². The molecule has 5 nitrogen and oxygen atoms in total. The molecule has 1 aromatic rings. The summed E-state index contributed by atoms with van der Waals surface area (Å²) in [7, 11) is 0. The second-order valence-electron chi connectivity index (χ2n) is 3.67. The third-order valence-corrected chi connectivity index (χ3v) is 2.61. The fourth-order valence-electron chi connectivity index (χ4n) is 1.83. The molecule has 0 amide bonds. The molecule has 0 radical (unpaired) electrons. The lowest BCUT2D eigenvalue weighted by molar-refractivity contribution is 0.173. The molecular formula is C9H16N4O. The van der Waals surface area contributed by atoms with E-state index in [0.29, 0.717) is 0 Å². The lowest BCUT2D eigenvalue weighted by Gasteiger charge is -2.14. The van der Waals surface area contributed by atoms with Gasteiger partial charge in [0.2, 0.25) is 0 Å². The molecule has 0 aliphatic carbocycles. The maximum atomic E-state index is 9.37. The first-order valence-corrected chi connectivity index (χ1v) is 5.06. The molecule has 1 N–H and O–H groups in total. The summed E-state index contributed by atoms with van der Waals surface area (Å²) in [5.41, 5.74) is 0. The fourth-order valence-corrected chi connectivity index (χ4v) is 1.83. The third kappa shape index (κ3) is 1.93. The monoisotopic (exact) mass is 196 g/mol. The summed E-state index contributed by atoms with van der Waals surface area (Å²) in [6.45, 7) is 5.42. The van der Waals surface area contributed by atoms with Crippen molar-refractivity contribution < 1.29 is 5.11 Å². The van der Waals surface area contributed by atoms with Gasteiger partial charge in [0.1, 0.15) is 12.2 Å². The van der Waals surface area contributed by atoms with Gasteiger partial charge in [-0.05, 0) is 13.3 Å². The van der Waals surface area contributed by atoms with Crippen LogP contribution in [0.4, 0.5) is 0 Å². The topological polar surface area (TPSA) is 54.2 Å². The highest BCUT2D eigenvalue weighted by Gasteiger charge is 2.21. The van der Waals surface area contributed by atoms with Crippen LogP contribution >= 0.6 is 0 Å². The molecule has 78 valence electrons. The van der Waals surface area contributed by atoms with Crippen LogP contribution in [-0.2, 0) is 13.1 Å². The number of aliphatic hydroxyl groups is 1. The number of aliphatic hydroxyl groups excluding tert-OH is 1. The summed E-state index contributed by atoms with van der Waals surface area (Å²) >= 11 is 0. The molecule has 1 aliphatic heterocycles. The van der Waals surface area contributed by atoms with Crippen LogP contribution in [0.5, 0.6) is 0 Å². The molecule has 0 unspecified atom stereocenters. The minimum atomic E-state index is -0.159. The molecule has 0 aromatic carbocycles. The van der Waals surface area contributed by atoms with Crippen molar-refractivity contribution in [1.82, 2.24) is 19.7 Å². The van der Waals surface area contributed by atoms with Gasteiger partial charge in [0.05, 0.1) is 12.6 Å². The predicted octanol–water partition coefficient (Wildman–Crippen LogP) is -0.135. The van der Waals surface area contributed by atoms with E-state index in [1.165, 1.54) is 0 Å². The van der Waals surface area contributed by atoms with E-state index in [1.54, 1.807) is 6.33 Å². The highest BCUT2D eigenvalue weighted by atomic mass is 16.3. The summed E-state index contributed by atoms with van der Waals surface area (Å²) in [5.74, 6) is 0.988. The number of likely N-dealkylation sites (tertiary alicyclic amines) is 1. The molecule has 0 saturated carbocycles. The number of aryl methyl sites for hydroxylation is 1. The van der Waals surface area contributed by atoms with E-state index in [2.05, 4.69) is 21.9 Å². The molecule has 0 bridgehead atoms. The largest absolute Gasteiger partial charge is 0.392 e. The Labute approximate surface area is 83.4 Å². The zero-order valence-corrected chi connectivity index (χ0v) is 8.43. The molecule has 1 saturated heterocycles. The lowest BCUT2D eigenvalue weighted by atomic mass is 10.3. The molecule has 5 heteroatoms. The Hall–Kier alpha value is -0.940. The molecule has 2 heterocycles. The van der Waals surface area contributed by atoms with Gasteiger partial charge in [0.25, 0.3) is 0 Å². The molecule has 1 aromatic heterocycles. The van der Waals surface area contributed by atoms with Gasteiger partial charge in [0.15, 0.2) is 0 Å². The highest BCUT2D eigenvalue weighted by molar-refractivity contribution is 4.87. The molecule has 2 rings (SSSR count). The standard InChI is InChI=1S/C9H16N4O/c1-2-13-9(10-7-11-13)6-12-4-3-8(14)5-12/h7-8,14H,2-6H2,1H3/t8-/m1/s1. The molecule has 14 heavy (non-hydrogen) atoms. The highest BCUT2D eigenvalue weighted by Crippen LogP contribution is 2.11. The number of aromatic nitrogens is 3. The fraction of sp³-hybridized carbons (Fsp3) is 0.778. The van der Waals surface area contributed by atoms with E-state index in [0.717, 1.165) is 38.4 Å². The van der Waals surface area contributed by atoms with E-state index < -0.39 is 0 Å². The first-order valence-electron chi connectivity index (χ1n) is 5.06. The number of hydrogen-bond donors (Lipinski definition) is 1. The van der Waals surface area contributed by atoms with Gasteiger partial charge < -0.3 is 5.11 Å². The van der Waals surface area contributed by atoms with Crippen molar-refractivity contribution in [1.29, 1.82) is 0 Å². The van der Waals surface area contributed by atoms with Crippen LogP contribution in [0.3, 0.4) is 0 Å². The maximum absolute atomic E-state index is 9.37. The minimum Gasteiger partial charge on any atom is -0.392 e. The number of β-amino-alcohol motifs (C(OH)–C–C–N with tert-alkyl or cyclic N) is 1. The SMILES string of the molecule is CCn1ncnc1CN1CC[C@@H](O)C1. The van der Waals surface area contributed by atoms with Crippen LogP contribution < -0.4 is 0 Å². The maximum Gasteiger partial charge on any atom is 0.140 e. The second-order valence-corrected chi connectivity index (χ2v) is 3.67. The average Bonchev–Trinajstić information content (AvgIpc) is 2.76. The van der Waals surface area contributed by atoms with Crippen molar-refractivity contribution in [2.45, 2.75) is 32.5 Å². The van der Waals surface area contributed by atoms with E-state index >= 15 is 0 Å². The molecule has 1 aliphatic rings. The molecular weight excluding hydrogens is 180 g/mol. The Bertz CT molecular complexity index is 299. The van der Waals surface area contributed by atoms with Crippen LogP contribution in [0.15, 0.2) is 6.33 Å². The second kappa shape index (κ2) is 4.06. The van der Waals surface area contributed by atoms with Crippen molar-refractivity contribution in [3.05, 3.63) is 12.2 Å². The van der Waals surface area contributed by atoms with Crippen LogP contribution in [0.25, 0.3) is 0 Å².